The number of aromatic nitrogens is 1. The molecule has 1 nitrogen and oxygen atoms in total. The number of halogens is 2. The predicted molar refractivity (Wildman–Crippen MR) is 72.2 cm³/mol. The second-order valence-electron chi connectivity index (χ2n) is 3.26. The van der Waals surface area contributed by atoms with E-state index in [9.17, 15) is 0 Å². The molecule has 1 aliphatic rings. The van der Waals surface area contributed by atoms with Crippen LogP contribution in [0, 0.1) is 0 Å². The summed E-state index contributed by atoms with van der Waals surface area (Å²) >= 11 is 11.9. The molecule has 0 aromatic carbocycles. The average Bonchev–Trinajstić information content (AvgIpc) is 2.43. The summed E-state index contributed by atoms with van der Waals surface area (Å²) in [5, 5.41) is 2.93. The second kappa shape index (κ2) is 6.07. The van der Waals surface area contributed by atoms with Crippen molar-refractivity contribution >= 4 is 35.4 Å². The zero-order valence-corrected chi connectivity index (χ0v) is 11.2. The van der Waals surface area contributed by atoms with Gasteiger partial charge in [0, 0.05) is 5.22 Å². The molecule has 0 unspecified atom stereocenters. The van der Waals surface area contributed by atoms with E-state index in [1.165, 1.54) is 5.57 Å². The highest BCUT2D eigenvalue weighted by Gasteiger charge is 2.00. The topological polar surface area (TPSA) is 12.9 Å². The molecule has 0 amide bonds. The first kappa shape index (κ1) is 13.3. The highest BCUT2D eigenvalue weighted by Crippen LogP contribution is 2.08. The van der Waals surface area contributed by atoms with Crippen molar-refractivity contribution in [2.45, 2.75) is 27.2 Å². The number of allylic oxidation sites excluding steroid dienone is 2. The lowest BCUT2D eigenvalue weighted by atomic mass is 10.2. The first-order valence-electron chi connectivity index (χ1n) is 5.37. The molecule has 0 bridgehead atoms. The van der Waals surface area contributed by atoms with Crippen LogP contribution in [0.4, 0.5) is 0 Å². The molecule has 0 N–H and O–H groups in total. The van der Waals surface area contributed by atoms with Crippen LogP contribution in [0.25, 0.3) is 12.2 Å². The van der Waals surface area contributed by atoms with E-state index in [2.05, 4.69) is 11.1 Å². The van der Waals surface area contributed by atoms with Gasteiger partial charge in [0.05, 0.1) is 10.4 Å². The molecule has 2 rings (SSSR count). The first-order valence-corrected chi connectivity index (χ1v) is 6.13. The van der Waals surface area contributed by atoms with Crippen LogP contribution in [0.5, 0.6) is 0 Å². The minimum Gasteiger partial charge on any atom is -0.236 e. The molecule has 0 saturated carbocycles. The maximum atomic E-state index is 6.08. The molecule has 1 heterocycles. The van der Waals surface area contributed by atoms with Crippen molar-refractivity contribution in [1.82, 2.24) is 4.98 Å². The van der Waals surface area contributed by atoms with Gasteiger partial charge in [0.25, 0.3) is 0 Å². The lowest BCUT2D eigenvalue weighted by Gasteiger charge is -1.95. The van der Waals surface area contributed by atoms with Gasteiger partial charge < -0.3 is 0 Å². The highest BCUT2D eigenvalue weighted by atomic mass is 35.5. The predicted octanol–water partition coefficient (Wildman–Crippen LogP) is 3.33. The Bertz CT molecular complexity index is 515. The van der Waals surface area contributed by atoms with Gasteiger partial charge in [-0.05, 0) is 25.5 Å². The molecular formula is C13H15Cl2N. The normalized spacial score (nSPS) is 13.2. The molecule has 0 saturated heterocycles. The molecule has 0 atom stereocenters. The van der Waals surface area contributed by atoms with Crippen LogP contribution < -0.4 is 10.6 Å². The maximum absolute atomic E-state index is 6.08. The molecule has 0 spiro atoms. The summed E-state index contributed by atoms with van der Waals surface area (Å²) in [6, 6.07) is 1.67. The summed E-state index contributed by atoms with van der Waals surface area (Å²) in [5.41, 5.74) is 1.20. The third kappa shape index (κ3) is 3.10. The summed E-state index contributed by atoms with van der Waals surface area (Å²) in [4.78, 5) is 4.23. The number of fused-ring (bicyclic) bond motifs is 1. The molecule has 86 valence electrons. The van der Waals surface area contributed by atoms with Gasteiger partial charge in [0.1, 0.15) is 5.15 Å². The molecular weight excluding hydrogens is 241 g/mol. The monoisotopic (exact) mass is 255 g/mol. The van der Waals surface area contributed by atoms with Gasteiger partial charge in [-0.15, -0.1) is 0 Å². The molecule has 1 aromatic rings. The Morgan fingerprint density at radius 2 is 1.88 bits per heavy atom. The van der Waals surface area contributed by atoms with E-state index in [1.807, 2.05) is 32.9 Å². The van der Waals surface area contributed by atoms with E-state index in [0.29, 0.717) is 10.2 Å². The van der Waals surface area contributed by atoms with E-state index in [1.54, 1.807) is 6.07 Å². The number of hydrogen-bond donors (Lipinski definition) is 0. The van der Waals surface area contributed by atoms with Gasteiger partial charge in [0.15, 0.2) is 0 Å². The SMILES string of the molecule is CC.CC1=CCC=c2nc(Cl)cc(Cl)c2=C1. The van der Waals surface area contributed by atoms with Crippen molar-refractivity contribution in [1.29, 1.82) is 0 Å². The third-order valence-corrected chi connectivity index (χ3v) is 2.64. The fourth-order valence-electron chi connectivity index (χ4n) is 1.45. The minimum absolute atomic E-state index is 0.443. The second-order valence-corrected chi connectivity index (χ2v) is 4.05. The van der Waals surface area contributed by atoms with Crippen LogP contribution in [0.2, 0.25) is 10.2 Å². The lowest BCUT2D eigenvalue weighted by molar-refractivity contribution is 1.21. The molecule has 16 heavy (non-hydrogen) atoms. The van der Waals surface area contributed by atoms with Gasteiger partial charge in [-0.3, -0.25) is 0 Å². The quantitative estimate of drug-likeness (QED) is 0.649. The molecule has 0 fully saturated rings. The van der Waals surface area contributed by atoms with Gasteiger partial charge in [-0.1, -0.05) is 54.8 Å². The van der Waals surface area contributed by atoms with Crippen molar-refractivity contribution in [2.75, 3.05) is 0 Å². The number of pyridine rings is 1. The standard InChI is InChI=1S/C11H9Cl2N.C2H6/c1-7-3-2-4-10-8(5-7)9(12)6-11(13)14-10;1-2/h3-6H,2H2,1H3;1-2H3. The molecule has 1 aromatic heterocycles. The van der Waals surface area contributed by atoms with Crippen molar-refractivity contribution in [3.8, 4) is 0 Å². The minimum atomic E-state index is 0.443. The summed E-state index contributed by atoms with van der Waals surface area (Å²) in [6.45, 7) is 6.05. The fourth-order valence-corrected chi connectivity index (χ4v) is 1.96. The highest BCUT2D eigenvalue weighted by molar-refractivity contribution is 6.33. The largest absolute Gasteiger partial charge is 0.236 e. The van der Waals surface area contributed by atoms with Crippen molar-refractivity contribution < 1.29 is 0 Å². The van der Waals surface area contributed by atoms with Gasteiger partial charge in [-0.25, -0.2) is 4.98 Å². The van der Waals surface area contributed by atoms with E-state index in [4.69, 9.17) is 23.2 Å². The number of hydrogen-bond acceptors (Lipinski definition) is 1. The Labute approximate surface area is 106 Å². The van der Waals surface area contributed by atoms with Gasteiger partial charge in [0.2, 0.25) is 0 Å². The van der Waals surface area contributed by atoms with Crippen LogP contribution in [0.3, 0.4) is 0 Å². The summed E-state index contributed by atoms with van der Waals surface area (Å²) < 4.78 is 0. The van der Waals surface area contributed by atoms with Gasteiger partial charge in [-0.2, -0.15) is 0 Å². The molecule has 3 heteroatoms. The summed E-state index contributed by atoms with van der Waals surface area (Å²) in [5.74, 6) is 0. The van der Waals surface area contributed by atoms with E-state index < -0.39 is 0 Å². The van der Waals surface area contributed by atoms with Crippen LogP contribution in [0.15, 0.2) is 17.7 Å². The zero-order chi connectivity index (χ0) is 12.1. The number of nitrogens with zero attached hydrogens (tertiary/aromatic N) is 1. The Hall–Kier alpha value is -0.790. The summed E-state index contributed by atoms with van der Waals surface area (Å²) in [6.07, 6.45) is 7.06. The summed E-state index contributed by atoms with van der Waals surface area (Å²) in [7, 11) is 0. The maximum Gasteiger partial charge on any atom is 0.131 e. The number of rotatable bonds is 0. The molecule has 0 radical (unpaired) electrons. The molecule has 1 aliphatic carbocycles. The van der Waals surface area contributed by atoms with Crippen LogP contribution in [-0.2, 0) is 0 Å². The Morgan fingerprint density at radius 3 is 2.56 bits per heavy atom. The van der Waals surface area contributed by atoms with Crippen molar-refractivity contribution in [3.05, 3.63) is 38.5 Å². The zero-order valence-electron chi connectivity index (χ0n) is 9.72. The Morgan fingerprint density at radius 1 is 1.19 bits per heavy atom. The Balaban J connectivity index is 0.000000606. The van der Waals surface area contributed by atoms with Crippen LogP contribution >= 0.6 is 23.2 Å². The van der Waals surface area contributed by atoms with E-state index >= 15 is 0 Å². The van der Waals surface area contributed by atoms with Crippen molar-refractivity contribution in [2.24, 2.45) is 0 Å². The van der Waals surface area contributed by atoms with E-state index in [-0.39, 0.29) is 0 Å². The van der Waals surface area contributed by atoms with Crippen LogP contribution in [-0.4, -0.2) is 4.98 Å². The lowest BCUT2D eigenvalue weighted by Crippen LogP contribution is -2.28. The smallest absolute Gasteiger partial charge is 0.131 e. The first-order chi connectivity index (χ1) is 7.66. The average molecular weight is 256 g/mol. The van der Waals surface area contributed by atoms with Crippen molar-refractivity contribution in [3.63, 3.8) is 0 Å². The molecule has 0 aliphatic heterocycles. The fraction of sp³-hybridized carbons (Fsp3) is 0.308. The van der Waals surface area contributed by atoms with E-state index in [0.717, 1.165) is 17.0 Å². The van der Waals surface area contributed by atoms with Gasteiger partial charge >= 0.3 is 0 Å². The Kier molecular flexibility index (Phi) is 5.04. The third-order valence-electron chi connectivity index (χ3n) is 2.13. The van der Waals surface area contributed by atoms with Crippen LogP contribution in [0.1, 0.15) is 27.2 Å².